The van der Waals surface area contributed by atoms with Crippen molar-refractivity contribution in [3.05, 3.63) is 12.3 Å². The van der Waals surface area contributed by atoms with Gasteiger partial charge >= 0.3 is 0 Å². The van der Waals surface area contributed by atoms with Gasteiger partial charge in [0.05, 0.1) is 6.61 Å². The van der Waals surface area contributed by atoms with Gasteiger partial charge in [0.2, 0.25) is 11.8 Å². The minimum Gasteiger partial charge on any atom is -0.478 e. The molecule has 4 heteroatoms. The predicted octanol–water partition coefficient (Wildman–Crippen LogP) is 2.62. The molecule has 0 atom stereocenters. The monoisotopic (exact) mass is 221 g/mol. The third-order valence-corrected chi connectivity index (χ3v) is 2.77. The van der Waals surface area contributed by atoms with E-state index in [0.717, 1.165) is 6.42 Å². The van der Waals surface area contributed by atoms with E-state index in [9.17, 15) is 0 Å². The van der Waals surface area contributed by atoms with Crippen LogP contribution in [0.15, 0.2) is 12.3 Å². The number of nitrogens with one attached hydrogen (secondary N) is 1. The Labute approximate surface area is 96.4 Å². The van der Waals surface area contributed by atoms with Crippen LogP contribution < -0.4 is 10.1 Å². The lowest BCUT2D eigenvalue weighted by Gasteiger charge is -2.12. The first-order chi connectivity index (χ1) is 7.88. The third kappa shape index (κ3) is 3.08. The summed E-state index contributed by atoms with van der Waals surface area (Å²) in [4.78, 5) is 8.54. The van der Waals surface area contributed by atoms with Crippen LogP contribution in [-0.2, 0) is 0 Å². The molecule has 0 radical (unpaired) electrons. The fourth-order valence-corrected chi connectivity index (χ4v) is 1.95. The molecule has 1 aliphatic carbocycles. The summed E-state index contributed by atoms with van der Waals surface area (Å²) in [5, 5.41) is 3.36. The Morgan fingerprint density at radius 2 is 2.25 bits per heavy atom. The maximum absolute atomic E-state index is 5.47. The molecule has 1 heterocycles. The van der Waals surface area contributed by atoms with Crippen molar-refractivity contribution in [1.29, 1.82) is 0 Å². The van der Waals surface area contributed by atoms with E-state index in [0.29, 0.717) is 24.5 Å². The van der Waals surface area contributed by atoms with Crippen LogP contribution in [0.4, 0.5) is 5.95 Å². The second kappa shape index (κ2) is 5.68. The molecule has 0 unspecified atom stereocenters. The van der Waals surface area contributed by atoms with Crippen molar-refractivity contribution in [2.24, 2.45) is 0 Å². The van der Waals surface area contributed by atoms with Crippen molar-refractivity contribution in [2.75, 3.05) is 11.9 Å². The highest BCUT2D eigenvalue weighted by Crippen LogP contribution is 2.21. The Morgan fingerprint density at radius 1 is 1.44 bits per heavy atom. The minimum atomic E-state index is 0.543. The number of rotatable bonds is 5. The molecule has 16 heavy (non-hydrogen) atoms. The summed E-state index contributed by atoms with van der Waals surface area (Å²) in [6.45, 7) is 2.79. The Balaban J connectivity index is 1.92. The number of nitrogens with zero attached hydrogens (tertiary/aromatic N) is 2. The summed E-state index contributed by atoms with van der Waals surface area (Å²) in [6.07, 6.45) is 7.81. The fraction of sp³-hybridized carbons (Fsp3) is 0.667. The van der Waals surface area contributed by atoms with Crippen LogP contribution in [-0.4, -0.2) is 22.6 Å². The summed E-state index contributed by atoms with van der Waals surface area (Å²) in [5.41, 5.74) is 0. The van der Waals surface area contributed by atoms with Gasteiger partial charge in [-0.25, -0.2) is 4.98 Å². The van der Waals surface area contributed by atoms with E-state index in [4.69, 9.17) is 4.74 Å². The number of hydrogen-bond acceptors (Lipinski definition) is 4. The number of aromatic nitrogens is 2. The van der Waals surface area contributed by atoms with Gasteiger partial charge in [-0.15, -0.1) is 0 Å². The average molecular weight is 221 g/mol. The molecule has 0 aliphatic heterocycles. The van der Waals surface area contributed by atoms with Crippen LogP contribution in [0.2, 0.25) is 0 Å². The van der Waals surface area contributed by atoms with Crippen molar-refractivity contribution < 1.29 is 4.74 Å². The Hall–Kier alpha value is -1.32. The molecular weight excluding hydrogens is 202 g/mol. The van der Waals surface area contributed by atoms with Gasteiger partial charge in [-0.2, -0.15) is 4.98 Å². The standard InChI is InChI=1S/C12H19N3O/c1-2-9-16-11-7-8-13-12(15-11)14-10-5-3-4-6-10/h7-8,10H,2-6,9H2,1H3,(H,13,14,15). The Bertz CT molecular complexity index is 324. The van der Waals surface area contributed by atoms with Crippen LogP contribution in [0, 0.1) is 0 Å². The summed E-state index contributed by atoms with van der Waals surface area (Å²) < 4.78 is 5.47. The molecule has 1 saturated carbocycles. The van der Waals surface area contributed by atoms with Crippen LogP contribution in [0.1, 0.15) is 39.0 Å². The molecule has 1 aromatic rings. The maximum atomic E-state index is 5.47. The van der Waals surface area contributed by atoms with Gasteiger partial charge in [-0.1, -0.05) is 19.8 Å². The van der Waals surface area contributed by atoms with Crippen LogP contribution in [0.5, 0.6) is 5.88 Å². The van der Waals surface area contributed by atoms with E-state index in [1.807, 2.05) is 0 Å². The first kappa shape index (κ1) is 11.2. The number of hydrogen-bond donors (Lipinski definition) is 1. The first-order valence-corrected chi connectivity index (χ1v) is 6.11. The topological polar surface area (TPSA) is 47.0 Å². The molecule has 0 aromatic carbocycles. The second-order valence-corrected chi connectivity index (χ2v) is 4.19. The zero-order chi connectivity index (χ0) is 11.2. The van der Waals surface area contributed by atoms with E-state index in [1.165, 1.54) is 25.7 Å². The van der Waals surface area contributed by atoms with Crippen molar-refractivity contribution in [3.8, 4) is 5.88 Å². The van der Waals surface area contributed by atoms with Gasteiger partial charge in [0.15, 0.2) is 0 Å². The van der Waals surface area contributed by atoms with Gasteiger partial charge in [-0.05, 0) is 19.3 Å². The summed E-state index contributed by atoms with van der Waals surface area (Å²) in [6, 6.07) is 2.34. The molecule has 4 nitrogen and oxygen atoms in total. The fourth-order valence-electron chi connectivity index (χ4n) is 1.95. The highest BCUT2D eigenvalue weighted by molar-refractivity contribution is 5.29. The maximum Gasteiger partial charge on any atom is 0.226 e. The first-order valence-electron chi connectivity index (χ1n) is 6.11. The molecule has 1 aromatic heterocycles. The van der Waals surface area contributed by atoms with Crippen molar-refractivity contribution >= 4 is 5.95 Å². The zero-order valence-electron chi connectivity index (χ0n) is 9.78. The van der Waals surface area contributed by atoms with Crippen LogP contribution in [0.25, 0.3) is 0 Å². The van der Waals surface area contributed by atoms with Crippen LogP contribution >= 0.6 is 0 Å². The van der Waals surface area contributed by atoms with Gasteiger partial charge in [0.1, 0.15) is 0 Å². The molecule has 1 N–H and O–H groups in total. The smallest absolute Gasteiger partial charge is 0.226 e. The molecule has 0 spiro atoms. The Kier molecular flexibility index (Phi) is 3.97. The molecule has 0 amide bonds. The molecule has 2 rings (SSSR count). The second-order valence-electron chi connectivity index (χ2n) is 4.19. The lowest BCUT2D eigenvalue weighted by atomic mass is 10.2. The van der Waals surface area contributed by atoms with Gasteiger partial charge in [-0.3, -0.25) is 0 Å². The van der Waals surface area contributed by atoms with Gasteiger partial charge in [0.25, 0.3) is 0 Å². The van der Waals surface area contributed by atoms with E-state index < -0.39 is 0 Å². The summed E-state index contributed by atoms with van der Waals surface area (Å²) in [7, 11) is 0. The third-order valence-electron chi connectivity index (χ3n) is 2.77. The van der Waals surface area contributed by atoms with Crippen molar-refractivity contribution in [2.45, 2.75) is 45.1 Å². The number of ether oxygens (including phenoxy) is 1. The molecule has 0 saturated heterocycles. The largest absolute Gasteiger partial charge is 0.478 e. The molecule has 1 aliphatic rings. The lowest BCUT2D eigenvalue weighted by molar-refractivity contribution is 0.305. The lowest BCUT2D eigenvalue weighted by Crippen LogP contribution is -2.16. The molecule has 0 bridgehead atoms. The van der Waals surface area contributed by atoms with Crippen molar-refractivity contribution in [1.82, 2.24) is 9.97 Å². The zero-order valence-corrected chi connectivity index (χ0v) is 9.78. The normalized spacial score (nSPS) is 16.3. The van der Waals surface area contributed by atoms with E-state index in [-0.39, 0.29) is 0 Å². The average Bonchev–Trinajstić information content (AvgIpc) is 2.80. The van der Waals surface area contributed by atoms with E-state index in [1.54, 1.807) is 12.3 Å². The molecule has 1 fully saturated rings. The molecular formula is C12H19N3O. The number of anilines is 1. The summed E-state index contributed by atoms with van der Waals surface area (Å²) in [5.74, 6) is 1.36. The van der Waals surface area contributed by atoms with Gasteiger partial charge < -0.3 is 10.1 Å². The van der Waals surface area contributed by atoms with Crippen molar-refractivity contribution in [3.63, 3.8) is 0 Å². The predicted molar refractivity (Wildman–Crippen MR) is 63.7 cm³/mol. The molecule has 88 valence electrons. The van der Waals surface area contributed by atoms with Crippen LogP contribution in [0.3, 0.4) is 0 Å². The quantitative estimate of drug-likeness (QED) is 0.830. The highest BCUT2D eigenvalue weighted by Gasteiger charge is 2.15. The summed E-state index contributed by atoms with van der Waals surface area (Å²) >= 11 is 0. The minimum absolute atomic E-state index is 0.543. The SMILES string of the molecule is CCCOc1ccnc(NC2CCCC2)n1. The van der Waals surface area contributed by atoms with Gasteiger partial charge in [0, 0.05) is 18.3 Å². The van der Waals surface area contributed by atoms with E-state index in [2.05, 4.69) is 22.2 Å². The Morgan fingerprint density at radius 3 is 3.00 bits per heavy atom. The highest BCUT2D eigenvalue weighted by atomic mass is 16.5. The van der Waals surface area contributed by atoms with E-state index >= 15 is 0 Å².